The van der Waals surface area contributed by atoms with Crippen molar-refractivity contribution >= 4 is 29.1 Å². The van der Waals surface area contributed by atoms with E-state index in [4.69, 9.17) is 27.6 Å². The molecule has 1 amide bonds. The van der Waals surface area contributed by atoms with E-state index in [1.165, 1.54) is 12.1 Å². The molecule has 0 bridgehead atoms. The highest BCUT2D eigenvalue weighted by atomic mass is 35.5. The Balaban J connectivity index is 1.94. The Bertz CT molecular complexity index is 520. The second-order valence-corrected chi connectivity index (χ2v) is 4.22. The molecule has 0 unspecified atom stereocenters. The molecule has 88 valence electrons. The van der Waals surface area contributed by atoms with Crippen LogP contribution in [0.1, 0.15) is 16.1 Å². The average molecular weight is 270 g/mol. The molecular formula is C12H9Cl2NO2. The molecule has 0 fully saturated rings. The summed E-state index contributed by atoms with van der Waals surface area (Å²) in [4.78, 5) is 11.6. The van der Waals surface area contributed by atoms with Gasteiger partial charge in [-0.05, 0) is 41.4 Å². The second kappa shape index (κ2) is 5.25. The monoisotopic (exact) mass is 269 g/mol. The quantitative estimate of drug-likeness (QED) is 0.927. The van der Waals surface area contributed by atoms with Gasteiger partial charge in [0.15, 0.2) is 11.0 Å². The van der Waals surface area contributed by atoms with Crippen LogP contribution in [0.5, 0.6) is 0 Å². The van der Waals surface area contributed by atoms with Crippen molar-refractivity contribution in [3.05, 3.63) is 58.0 Å². The summed E-state index contributed by atoms with van der Waals surface area (Å²) in [5.41, 5.74) is 0.959. The molecule has 0 saturated carbocycles. The van der Waals surface area contributed by atoms with Crippen molar-refractivity contribution in [2.24, 2.45) is 0 Å². The molecule has 1 aromatic carbocycles. The van der Waals surface area contributed by atoms with E-state index in [0.29, 0.717) is 11.6 Å². The standard InChI is InChI=1S/C12H9Cl2NO2/c13-9-3-1-8(2-4-9)7-15-12(16)10-5-6-11(14)17-10/h1-6H,7H2,(H,15,16). The molecule has 0 aliphatic heterocycles. The van der Waals surface area contributed by atoms with Crippen LogP contribution >= 0.6 is 23.2 Å². The number of carbonyl (C=O) groups excluding carboxylic acids is 1. The maximum atomic E-state index is 11.6. The molecule has 17 heavy (non-hydrogen) atoms. The molecule has 0 spiro atoms. The predicted octanol–water partition coefficient (Wildman–Crippen LogP) is 3.52. The number of carbonyl (C=O) groups is 1. The Hall–Kier alpha value is -1.45. The lowest BCUT2D eigenvalue weighted by atomic mass is 10.2. The van der Waals surface area contributed by atoms with Crippen molar-refractivity contribution in [3.8, 4) is 0 Å². The molecule has 0 aliphatic carbocycles. The maximum Gasteiger partial charge on any atom is 0.287 e. The van der Waals surface area contributed by atoms with Crippen LogP contribution in [-0.4, -0.2) is 5.91 Å². The van der Waals surface area contributed by atoms with Crippen LogP contribution in [0.25, 0.3) is 0 Å². The Kier molecular flexibility index (Phi) is 3.71. The first-order valence-electron chi connectivity index (χ1n) is 4.93. The maximum absolute atomic E-state index is 11.6. The van der Waals surface area contributed by atoms with Crippen molar-refractivity contribution in [2.75, 3.05) is 0 Å². The first-order chi connectivity index (χ1) is 8.15. The fraction of sp³-hybridized carbons (Fsp3) is 0.0833. The van der Waals surface area contributed by atoms with Crippen molar-refractivity contribution in [2.45, 2.75) is 6.54 Å². The molecule has 3 nitrogen and oxygen atoms in total. The fourth-order valence-electron chi connectivity index (χ4n) is 1.31. The van der Waals surface area contributed by atoms with Crippen LogP contribution in [0.15, 0.2) is 40.8 Å². The highest BCUT2D eigenvalue weighted by molar-refractivity contribution is 6.30. The van der Waals surface area contributed by atoms with Gasteiger partial charge in [-0.25, -0.2) is 0 Å². The number of hydrogen-bond donors (Lipinski definition) is 1. The lowest BCUT2D eigenvalue weighted by Crippen LogP contribution is -2.22. The zero-order chi connectivity index (χ0) is 12.3. The molecule has 2 aromatic rings. The highest BCUT2D eigenvalue weighted by Crippen LogP contribution is 2.13. The van der Waals surface area contributed by atoms with E-state index >= 15 is 0 Å². The SMILES string of the molecule is O=C(NCc1ccc(Cl)cc1)c1ccc(Cl)o1. The number of benzene rings is 1. The van der Waals surface area contributed by atoms with Gasteiger partial charge in [0.2, 0.25) is 0 Å². The molecule has 1 heterocycles. The number of furan rings is 1. The van der Waals surface area contributed by atoms with E-state index in [1.807, 2.05) is 12.1 Å². The zero-order valence-electron chi connectivity index (χ0n) is 8.74. The van der Waals surface area contributed by atoms with E-state index in [-0.39, 0.29) is 16.9 Å². The van der Waals surface area contributed by atoms with Crippen molar-refractivity contribution in [3.63, 3.8) is 0 Å². The van der Waals surface area contributed by atoms with Gasteiger partial charge in [0.25, 0.3) is 5.91 Å². The molecule has 0 saturated heterocycles. The molecule has 5 heteroatoms. The number of nitrogens with one attached hydrogen (secondary N) is 1. The summed E-state index contributed by atoms with van der Waals surface area (Å²) >= 11 is 11.3. The van der Waals surface area contributed by atoms with Crippen molar-refractivity contribution in [1.29, 1.82) is 0 Å². The predicted molar refractivity (Wildman–Crippen MR) is 66.3 cm³/mol. The van der Waals surface area contributed by atoms with Crippen molar-refractivity contribution < 1.29 is 9.21 Å². The lowest BCUT2D eigenvalue weighted by molar-refractivity contribution is 0.0923. The summed E-state index contributed by atoms with van der Waals surface area (Å²) in [6.45, 7) is 0.411. The third kappa shape index (κ3) is 3.25. The van der Waals surface area contributed by atoms with Crippen LogP contribution in [0, 0.1) is 0 Å². The van der Waals surface area contributed by atoms with Crippen LogP contribution in [0.2, 0.25) is 10.2 Å². The summed E-state index contributed by atoms with van der Waals surface area (Å²) in [7, 11) is 0. The van der Waals surface area contributed by atoms with E-state index in [1.54, 1.807) is 12.1 Å². The molecule has 1 aromatic heterocycles. The number of halogens is 2. The summed E-state index contributed by atoms with van der Waals surface area (Å²) < 4.78 is 4.99. The van der Waals surface area contributed by atoms with Gasteiger partial charge in [0.1, 0.15) is 0 Å². The van der Waals surface area contributed by atoms with E-state index in [0.717, 1.165) is 5.56 Å². The first kappa shape index (κ1) is 12.0. The van der Waals surface area contributed by atoms with Gasteiger partial charge in [-0.3, -0.25) is 4.79 Å². The summed E-state index contributed by atoms with van der Waals surface area (Å²) in [5, 5.41) is 3.57. The first-order valence-corrected chi connectivity index (χ1v) is 5.69. The van der Waals surface area contributed by atoms with Gasteiger partial charge < -0.3 is 9.73 Å². The Morgan fingerprint density at radius 2 is 1.82 bits per heavy atom. The Morgan fingerprint density at radius 3 is 2.41 bits per heavy atom. The van der Waals surface area contributed by atoms with Crippen LogP contribution in [0.4, 0.5) is 0 Å². The molecule has 1 N–H and O–H groups in total. The smallest absolute Gasteiger partial charge is 0.287 e. The Labute approximate surface area is 108 Å². The number of rotatable bonds is 3. The minimum atomic E-state index is -0.299. The molecule has 0 atom stereocenters. The zero-order valence-corrected chi connectivity index (χ0v) is 10.3. The van der Waals surface area contributed by atoms with Gasteiger partial charge in [-0.2, -0.15) is 0 Å². The summed E-state index contributed by atoms with van der Waals surface area (Å²) in [5.74, 6) is -0.101. The van der Waals surface area contributed by atoms with Crippen molar-refractivity contribution in [1.82, 2.24) is 5.32 Å². The van der Waals surface area contributed by atoms with Gasteiger partial charge in [-0.1, -0.05) is 23.7 Å². The Morgan fingerprint density at radius 1 is 1.12 bits per heavy atom. The third-order valence-electron chi connectivity index (χ3n) is 2.16. The molecule has 0 aliphatic rings. The van der Waals surface area contributed by atoms with Gasteiger partial charge in [0, 0.05) is 11.6 Å². The lowest BCUT2D eigenvalue weighted by Gasteiger charge is -2.03. The second-order valence-electron chi connectivity index (χ2n) is 3.41. The average Bonchev–Trinajstić information content (AvgIpc) is 2.75. The van der Waals surface area contributed by atoms with E-state index < -0.39 is 0 Å². The minimum Gasteiger partial charge on any atom is -0.440 e. The fourth-order valence-corrected chi connectivity index (χ4v) is 1.58. The molecule has 2 rings (SSSR count). The van der Waals surface area contributed by atoms with Gasteiger partial charge >= 0.3 is 0 Å². The van der Waals surface area contributed by atoms with Crippen LogP contribution in [0.3, 0.4) is 0 Å². The van der Waals surface area contributed by atoms with Crippen LogP contribution in [-0.2, 0) is 6.54 Å². The number of amides is 1. The topological polar surface area (TPSA) is 42.2 Å². The van der Waals surface area contributed by atoms with Gasteiger partial charge in [-0.15, -0.1) is 0 Å². The highest BCUT2D eigenvalue weighted by Gasteiger charge is 2.09. The summed E-state index contributed by atoms with van der Waals surface area (Å²) in [6.07, 6.45) is 0. The van der Waals surface area contributed by atoms with E-state index in [2.05, 4.69) is 5.32 Å². The minimum absolute atomic E-state index is 0.196. The third-order valence-corrected chi connectivity index (χ3v) is 2.62. The largest absolute Gasteiger partial charge is 0.440 e. The summed E-state index contributed by atoms with van der Waals surface area (Å²) in [6, 6.07) is 10.3. The van der Waals surface area contributed by atoms with E-state index in [9.17, 15) is 4.79 Å². The number of hydrogen-bond acceptors (Lipinski definition) is 2. The van der Waals surface area contributed by atoms with Gasteiger partial charge in [0.05, 0.1) is 0 Å². The molecule has 0 radical (unpaired) electrons. The molecular weight excluding hydrogens is 261 g/mol. The van der Waals surface area contributed by atoms with Crippen LogP contribution < -0.4 is 5.32 Å². The normalized spacial score (nSPS) is 10.2.